The van der Waals surface area contributed by atoms with Gasteiger partial charge in [-0.25, -0.2) is 19.4 Å². The molecule has 45 heavy (non-hydrogen) atoms. The van der Waals surface area contributed by atoms with Gasteiger partial charge in [0.1, 0.15) is 28.4 Å². The molecule has 0 unspecified atom stereocenters. The third-order valence-electron chi connectivity index (χ3n) is 6.63. The van der Waals surface area contributed by atoms with Gasteiger partial charge in [-0.2, -0.15) is 4.90 Å². The Morgan fingerprint density at radius 3 is 1.67 bits per heavy atom. The first kappa shape index (κ1) is 37.6. The Balaban J connectivity index is 2.47. The number of hydrogen-bond acceptors (Lipinski definition) is 8. The summed E-state index contributed by atoms with van der Waals surface area (Å²) in [4.78, 5) is 46.7. The molecule has 1 aromatic heterocycles. The maximum absolute atomic E-state index is 13.5. The van der Waals surface area contributed by atoms with E-state index in [0.29, 0.717) is 5.69 Å². The molecule has 0 saturated carbocycles. The number of carbonyl (C=O) groups is 3. The Morgan fingerprint density at radius 2 is 1.18 bits per heavy atom. The van der Waals surface area contributed by atoms with Crippen molar-refractivity contribution in [2.75, 3.05) is 4.90 Å². The fourth-order valence-corrected chi connectivity index (χ4v) is 4.66. The molecule has 10 nitrogen and oxygen atoms in total. The van der Waals surface area contributed by atoms with Gasteiger partial charge in [-0.05, 0) is 110 Å². The molecule has 0 radical (unpaired) electrons. The van der Waals surface area contributed by atoms with Crippen molar-refractivity contribution in [2.45, 2.75) is 131 Å². The maximum atomic E-state index is 13.5. The highest BCUT2D eigenvalue weighted by Gasteiger charge is 2.39. The van der Waals surface area contributed by atoms with Crippen molar-refractivity contribution >= 4 is 32.4 Å². The minimum Gasteiger partial charge on any atom is -0.543 e. The van der Waals surface area contributed by atoms with Gasteiger partial charge in [-0.3, -0.25) is 4.90 Å². The number of imide groups is 1. The second-order valence-corrected chi connectivity index (χ2v) is 20.4. The zero-order valence-corrected chi connectivity index (χ0v) is 30.7. The van der Waals surface area contributed by atoms with Crippen LogP contribution in [0, 0.1) is 0 Å². The van der Waals surface area contributed by atoms with Crippen LogP contribution < -0.4 is 9.33 Å². The lowest BCUT2D eigenvalue weighted by atomic mass is 10.2. The van der Waals surface area contributed by atoms with E-state index in [1.165, 1.54) is 11.0 Å². The number of nitrogens with zero attached hydrogens (tertiary/aromatic N) is 3. The van der Waals surface area contributed by atoms with Crippen molar-refractivity contribution in [3.63, 3.8) is 0 Å². The number of benzene rings is 1. The quantitative estimate of drug-likeness (QED) is 0.217. The van der Waals surface area contributed by atoms with Crippen LogP contribution in [-0.4, -0.2) is 53.3 Å². The van der Waals surface area contributed by atoms with Crippen LogP contribution >= 0.6 is 0 Å². The number of hydrogen-bond donors (Lipinski definition) is 0. The summed E-state index contributed by atoms with van der Waals surface area (Å²) < 4.78 is 23.2. The molecule has 11 heteroatoms. The van der Waals surface area contributed by atoms with Crippen LogP contribution in [0.1, 0.15) is 94.3 Å². The second kappa shape index (κ2) is 13.8. The molecule has 3 amide bonds. The summed E-state index contributed by atoms with van der Waals surface area (Å²) in [6.45, 7) is 26.8. The zero-order chi connectivity index (χ0) is 34.6. The molecular formula is C34H53N3O7Si. The van der Waals surface area contributed by atoms with Crippen LogP contribution in [0.2, 0.25) is 18.1 Å². The first-order valence-electron chi connectivity index (χ1n) is 15.2. The molecule has 0 fully saturated rings. The molecule has 250 valence electrons. The number of pyridine rings is 1. The molecule has 0 aliphatic heterocycles. The van der Waals surface area contributed by atoms with E-state index in [0.717, 1.165) is 16.2 Å². The molecule has 0 atom stereocenters. The second-order valence-electron chi connectivity index (χ2n) is 15.6. The molecule has 0 aliphatic carbocycles. The van der Waals surface area contributed by atoms with Crippen molar-refractivity contribution in [3.8, 4) is 5.75 Å². The van der Waals surface area contributed by atoms with E-state index >= 15 is 0 Å². The highest BCUT2D eigenvalue weighted by molar-refractivity contribution is 6.74. The summed E-state index contributed by atoms with van der Waals surface area (Å²) >= 11 is 0. The topological polar surface area (TPSA) is 108 Å². The predicted octanol–water partition coefficient (Wildman–Crippen LogP) is 9.08. The molecular weight excluding hydrogens is 590 g/mol. The van der Waals surface area contributed by atoms with Crippen LogP contribution in [0.5, 0.6) is 5.75 Å². The van der Waals surface area contributed by atoms with Crippen molar-refractivity contribution in [1.29, 1.82) is 0 Å². The van der Waals surface area contributed by atoms with Crippen LogP contribution in [0.25, 0.3) is 0 Å². The van der Waals surface area contributed by atoms with E-state index in [4.69, 9.17) is 18.6 Å². The summed E-state index contributed by atoms with van der Waals surface area (Å²) in [7, 11) is -2.08. The fourth-order valence-electron chi connectivity index (χ4n) is 3.64. The Hall–Kier alpha value is -3.60. The van der Waals surface area contributed by atoms with Crippen molar-refractivity contribution in [1.82, 2.24) is 9.88 Å². The first-order chi connectivity index (χ1) is 20.3. The standard InChI is InChI=1S/C34H53N3O7Si/c1-31(2,3)41-28(38)36(22-24-17-15-19-26(21-24)44-45(13,14)34(10,11)12)23-25-18-16-20-27(35-25)37(29(39)42-32(4,5)6)30(40)43-33(7,8)9/h15-21H,22-23H2,1-14H3. The predicted molar refractivity (Wildman–Crippen MR) is 179 cm³/mol. The summed E-state index contributed by atoms with van der Waals surface area (Å²) in [5.41, 5.74) is -1.21. The van der Waals surface area contributed by atoms with Crippen LogP contribution in [0.15, 0.2) is 42.5 Å². The zero-order valence-electron chi connectivity index (χ0n) is 29.7. The average molecular weight is 644 g/mol. The maximum Gasteiger partial charge on any atom is 0.425 e. The average Bonchev–Trinajstić information content (AvgIpc) is 2.80. The Bertz CT molecular complexity index is 1320. The van der Waals surface area contributed by atoms with Gasteiger partial charge in [0.25, 0.3) is 0 Å². The number of aromatic nitrogens is 1. The molecule has 1 aromatic carbocycles. The Labute approximate surface area is 270 Å². The summed E-state index contributed by atoms with van der Waals surface area (Å²) in [5.74, 6) is 0.749. The van der Waals surface area contributed by atoms with Gasteiger partial charge < -0.3 is 18.6 Å². The minimum atomic E-state index is -2.08. The number of carbonyl (C=O) groups excluding carboxylic acids is 3. The Kier molecular flexibility index (Phi) is 11.5. The highest BCUT2D eigenvalue weighted by Crippen LogP contribution is 2.37. The number of ether oxygens (including phenoxy) is 3. The monoisotopic (exact) mass is 643 g/mol. The number of amides is 3. The van der Waals surface area contributed by atoms with E-state index in [2.05, 4.69) is 38.8 Å². The van der Waals surface area contributed by atoms with E-state index in [-0.39, 0.29) is 23.9 Å². The molecule has 2 rings (SSSR count). The van der Waals surface area contributed by atoms with Gasteiger partial charge in [0.15, 0.2) is 0 Å². The summed E-state index contributed by atoms with van der Waals surface area (Å²) in [6.07, 6.45) is -2.39. The lowest BCUT2D eigenvalue weighted by Gasteiger charge is -2.36. The van der Waals surface area contributed by atoms with E-state index in [9.17, 15) is 14.4 Å². The van der Waals surface area contributed by atoms with Crippen molar-refractivity contribution in [3.05, 3.63) is 53.7 Å². The van der Waals surface area contributed by atoms with Gasteiger partial charge in [-0.1, -0.05) is 39.0 Å². The fraction of sp³-hybridized carbons (Fsp3) is 0.588. The SMILES string of the molecule is CC(C)(C)OC(=O)N(Cc1cccc(O[Si](C)(C)C(C)(C)C)c1)Cc1cccc(N(C(=O)OC(C)(C)C)C(=O)OC(C)(C)C)n1. The van der Waals surface area contributed by atoms with Gasteiger partial charge in [0.05, 0.1) is 12.2 Å². The van der Waals surface area contributed by atoms with E-state index in [1.54, 1.807) is 74.4 Å². The summed E-state index contributed by atoms with van der Waals surface area (Å²) in [5, 5.41) is 0.0226. The van der Waals surface area contributed by atoms with Crippen LogP contribution in [0.4, 0.5) is 20.2 Å². The number of rotatable bonds is 7. The van der Waals surface area contributed by atoms with E-state index in [1.807, 2.05) is 24.3 Å². The molecule has 0 saturated heterocycles. The molecule has 0 N–H and O–H groups in total. The van der Waals surface area contributed by atoms with Crippen molar-refractivity contribution < 1.29 is 33.0 Å². The van der Waals surface area contributed by atoms with Gasteiger partial charge in [0.2, 0.25) is 8.32 Å². The lowest BCUT2D eigenvalue weighted by Crippen LogP contribution is -2.44. The highest BCUT2D eigenvalue weighted by atomic mass is 28.4. The van der Waals surface area contributed by atoms with Gasteiger partial charge in [-0.15, -0.1) is 0 Å². The first-order valence-corrected chi connectivity index (χ1v) is 18.2. The Morgan fingerprint density at radius 1 is 0.689 bits per heavy atom. The van der Waals surface area contributed by atoms with E-state index < -0.39 is 43.4 Å². The molecule has 1 heterocycles. The third-order valence-corrected chi connectivity index (χ3v) is 11.0. The largest absolute Gasteiger partial charge is 0.543 e. The molecule has 0 bridgehead atoms. The molecule has 2 aromatic rings. The number of anilines is 1. The third kappa shape index (κ3) is 12.4. The minimum absolute atomic E-state index is 0.00454. The van der Waals surface area contributed by atoms with Gasteiger partial charge in [0, 0.05) is 6.54 Å². The smallest absolute Gasteiger partial charge is 0.425 e. The molecule has 0 aliphatic rings. The van der Waals surface area contributed by atoms with Crippen LogP contribution in [0.3, 0.4) is 0 Å². The normalized spacial score (nSPS) is 12.7. The van der Waals surface area contributed by atoms with Gasteiger partial charge >= 0.3 is 18.3 Å². The van der Waals surface area contributed by atoms with Crippen molar-refractivity contribution in [2.24, 2.45) is 0 Å². The summed E-state index contributed by atoms with van der Waals surface area (Å²) in [6, 6.07) is 12.6. The van der Waals surface area contributed by atoms with Crippen LogP contribution in [-0.2, 0) is 27.3 Å². The lowest BCUT2D eigenvalue weighted by molar-refractivity contribution is 0.0212. The molecule has 0 spiro atoms.